The van der Waals surface area contributed by atoms with E-state index < -0.39 is 16.4 Å². The van der Waals surface area contributed by atoms with Gasteiger partial charge in [-0.05, 0) is 25.0 Å². The van der Waals surface area contributed by atoms with Gasteiger partial charge in [0.2, 0.25) is 5.91 Å². The molecule has 1 rings (SSSR count). The number of nitrogens with two attached hydrogens (primary N) is 1. The lowest BCUT2D eigenvalue weighted by atomic mass is 9.97. The molecule has 3 N–H and O–H groups in total. The molecule has 19 heavy (non-hydrogen) atoms. The number of primary amides is 1. The zero-order valence-corrected chi connectivity index (χ0v) is 11.5. The third-order valence-electron chi connectivity index (χ3n) is 3.17. The fourth-order valence-corrected chi connectivity index (χ4v) is 1.71. The van der Waals surface area contributed by atoms with Crippen LogP contribution in [0, 0.1) is 10.1 Å². The summed E-state index contributed by atoms with van der Waals surface area (Å²) >= 11 is 5.96. The third-order valence-corrected chi connectivity index (χ3v) is 3.52. The van der Waals surface area contributed by atoms with Gasteiger partial charge in [-0.1, -0.05) is 18.5 Å². The number of amides is 1. The van der Waals surface area contributed by atoms with Gasteiger partial charge >= 0.3 is 0 Å². The molecule has 0 saturated carbocycles. The van der Waals surface area contributed by atoms with Crippen molar-refractivity contribution in [3.8, 4) is 0 Å². The topological polar surface area (TPSA) is 98.3 Å². The van der Waals surface area contributed by atoms with Crippen LogP contribution in [0.15, 0.2) is 18.2 Å². The van der Waals surface area contributed by atoms with Crippen LogP contribution in [0.2, 0.25) is 5.02 Å². The molecule has 1 aromatic rings. The summed E-state index contributed by atoms with van der Waals surface area (Å²) in [6, 6.07) is 4.22. The SMILES string of the molecule is CC[C@](C)(NCc1ccc([N+](=O)[O-])cc1Cl)C(N)=O. The summed E-state index contributed by atoms with van der Waals surface area (Å²) in [7, 11) is 0. The summed E-state index contributed by atoms with van der Waals surface area (Å²) in [5.74, 6) is -0.451. The van der Waals surface area contributed by atoms with E-state index in [2.05, 4.69) is 5.32 Å². The Balaban J connectivity index is 2.84. The van der Waals surface area contributed by atoms with Crippen LogP contribution >= 0.6 is 11.6 Å². The van der Waals surface area contributed by atoms with E-state index in [1.165, 1.54) is 12.1 Å². The summed E-state index contributed by atoms with van der Waals surface area (Å²) in [5, 5.41) is 13.9. The third kappa shape index (κ3) is 3.65. The highest BCUT2D eigenvalue weighted by atomic mass is 35.5. The number of nitro benzene ring substituents is 1. The number of hydrogen-bond acceptors (Lipinski definition) is 4. The lowest BCUT2D eigenvalue weighted by Crippen LogP contribution is -2.52. The van der Waals surface area contributed by atoms with Crippen molar-refractivity contribution in [1.29, 1.82) is 0 Å². The Bertz CT molecular complexity index is 507. The monoisotopic (exact) mass is 285 g/mol. The summed E-state index contributed by atoms with van der Waals surface area (Å²) in [6.45, 7) is 3.86. The maximum absolute atomic E-state index is 11.3. The molecule has 0 fully saturated rings. The van der Waals surface area contributed by atoms with E-state index in [-0.39, 0.29) is 10.7 Å². The zero-order chi connectivity index (χ0) is 14.6. The largest absolute Gasteiger partial charge is 0.368 e. The number of carbonyl (C=O) groups is 1. The van der Waals surface area contributed by atoms with Gasteiger partial charge in [-0.15, -0.1) is 0 Å². The smallest absolute Gasteiger partial charge is 0.270 e. The van der Waals surface area contributed by atoms with Gasteiger partial charge in [-0.2, -0.15) is 0 Å². The van der Waals surface area contributed by atoms with Gasteiger partial charge in [0.05, 0.1) is 15.5 Å². The molecule has 104 valence electrons. The second-order valence-electron chi connectivity index (χ2n) is 4.44. The number of nitro groups is 1. The van der Waals surface area contributed by atoms with Crippen LogP contribution in [0.5, 0.6) is 0 Å². The minimum atomic E-state index is -0.828. The number of rotatable bonds is 6. The van der Waals surface area contributed by atoms with Crippen molar-refractivity contribution in [3.63, 3.8) is 0 Å². The lowest BCUT2D eigenvalue weighted by Gasteiger charge is -2.26. The number of hydrogen-bond donors (Lipinski definition) is 2. The van der Waals surface area contributed by atoms with Crippen molar-refractivity contribution >= 4 is 23.2 Å². The van der Waals surface area contributed by atoms with E-state index in [0.29, 0.717) is 18.5 Å². The quantitative estimate of drug-likeness (QED) is 0.617. The molecule has 1 amide bonds. The molecular formula is C12H16ClN3O3. The summed E-state index contributed by atoms with van der Waals surface area (Å²) in [4.78, 5) is 21.4. The molecule has 0 spiro atoms. The van der Waals surface area contributed by atoms with E-state index in [0.717, 1.165) is 0 Å². The van der Waals surface area contributed by atoms with E-state index in [1.807, 2.05) is 6.92 Å². The number of nitrogens with one attached hydrogen (secondary N) is 1. The van der Waals surface area contributed by atoms with Crippen molar-refractivity contribution in [1.82, 2.24) is 5.32 Å². The van der Waals surface area contributed by atoms with Gasteiger partial charge in [0.1, 0.15) is 0 Å². The van der Waals surface area contributed by atoms with Crippen LogP contribution in [0.25, 0.3) is 0 Å². The minimum absolute atomic E-state index is 0.0677. The van der Waals surface area contributed by atoms with Crippen molar-refractivity contribution in [2.45, 2.75) is 32.4 Å². The Morgan fingerprint density at radius 3 is 2.63 bits per heavy atom. The highest BCUT2D eigenvalue weighted by molar-refractivity contribution is 6.31. The Hall–Kier alpha value is -1.66. The molecule has 1 atom stereocenters. The highest BCUT2D eigenvalue weighted by Gasteiger charge is 2.28. The molecule has 0 aliphatic heterocycles. The number of halogens is 1. The summed E-state index contributed by atoms with van der Waals surface area (Å²) in [5.41, 5.74) is 5.10. The molecule has 0 radical (unpaired) electrons. The number of benzene rings is 1. The number of carbonyl (C=O) groups excluding carboxylic acids is 1. The van der Waals surface area contributed by atoms with Gasteiger partial charge in [0.25, 0.3) is 5.69 Å². The van der Waals surface area contributed by atoms with Gasteiger partial charge in [-0.3, -0.25) is 20.2 Å². The Morgan fingerprint density at radius 2 is 2.21 bits per heavy atom. The van der Waals surface area contributed by atoms with Gasteiger partial charge in [0.15, 0.2) is 0 Å². The van der Waals surface area contributed by atoms with Crippen LogP contribution < -0.4 is 11.1 Å². The highest BCUT2D eigenvalue weighted by Crippen LogP contribution is 2.23. The standard InChI is InChI=1S/C12H16ClN3O3/c1-3-12(2,11(14)17)15-7-8-4-5-9(16(18)19)6-10(8)13/h4-6,15H,3,7H2,1-2H3,(H2,14,17)/t12-/m0/s1. The molecule has 0 aromatic heterocycles. The summed E-state index contributed by atoms with van der Waals surface area (Å²) in [6.07, 6.45) is 0.535. The van der Waals surface area contributed by atoms with Gasteiger partial charge in [0, 0.05) is 18.7 Å². The zero-order valence-electron chi connectivity index (χ0n) is 10.8. The number of non-ortho nitro benzene ring substituents is 1. The van der Waals surface area contributed by atoms with E-state index in [1.54, 1.807) is 13.0 Å². The van der Waals surface area contributed by atoms with E-state index in [4.69, 9.17) is 17.3 Å². The Kier molecular flexibility index (Phi) is 4.85. The molecule has 7 heteroatoms. The van der Waals surface area contributed by atoms with Gasteiger partial charge in [-0.25, -0.2) is 0 Å². The van der Waals surface area contributed by atoms with Gasteiger partial charge < -0.3 is 5.73 Å². The molecule has 0 saturated heterocycles. The number of nitrogens with zero attached hydrogens (tertiary/aromatic N) is 1. The molecular weight excluding hydrogens is 270 g/mol. The molecule has 0 bridgehead atoms. The van der Waals surface area contributed by atoms with E-state index >= 15 is 0 Å². The lowest BCUT2D eigenvalue weighted by molar-refractivity contribution is -0.384. The first-order chi connectivity index (χ1) is 8.80. The molecule has 0 aliphatic rings. The fraction of sp³-hybridized carbons (Fsp3) is 0.417. The first-order valence-electron chi connectivity index (χ1n) is 5.78. The predicted octanol–water partition coefficient (Wildman–Crippen LogP) is 1.99. The maximum atomic E-state index is 11.3. The van der Waals surface area contributed by atoms with Crippen LogP contribution in [0.4, 0.5) is 5.69 Å². The van der Waals surface area contributed by atoms with Crippen molar-refractivity contribution < 1.29 is 9.72 Å². The Labute approximate surface area is 116 Å². The second-order valence-corrected chi connectivity index (χ2v) is 4.84. The summed E-state index contributed by atoms with van der Waals surface area (Å²) < 4.78 is 0. The first-order valence-corrected chi connectivity index (χ1v) is 6.15. The minimum Gasteiger partial charge on any atom is -0.368 e. The molecule has 0 heterocycles. The molecule has 1 aromatic carbocycles. The molecule has 0 aliphatic carbocycles. The van der Waals surface area contributed by atoms with Crippen molar-refractivity contribution in [3.05, 3.63) is 38.9 Å². The van der Waals surface area contributed by atoms with E-state index in [9.17, 15) is 14.9 Å². The second kappa shape index (κ2) is 5.99. The normalized spacial score (nSPS) is 13.8. The van der Waals surface area contributed by atoms with Crippen molar-refractivity contribution in [2.24, 2.45) is 5.73 Å². The predicted molar refractivity (Wildman–Crippen MR) is 72.8 cm³/mol. The Morgan fingerprint density at radius 1 is 1.58 bits per heavy atom. The molecule has 0 unspecified atom stereocenters. The average molecular weight is 286 g/mol. The van der Waals surface area contributed by atoms with Crippen LogP contribution in [0.1, 0.15) is 25.8 Å². The maximum Gasteiger partial charge on any atom is 0.270 e. The van der Waals surface area contributed by atoms with Crippen LogP contribution in [0.3, 0.4) is 0 Å². The molecule has 6 nitrogen and oxygen atoms in total. The average Bonchev–Trinajstić information content (AvgIpc) is 2.36. The fourth-order valence-electron chi connectivity index (χ4n) is 1.47. The van der Waals surface area contributed by atoms with Crippen LogP contribution in [-0.2, 0) is 11.3 Å². The van der Waals surface area contributed by atoms with Crippen LogP contribution in [-0.4, -0.2) is 16.4 Å². The first kappa shape index (κ1) is 15.4. The van der Waals surface area contributed by atoms with Crippen molar-refractivity contribution in [2.75, 3.05) is 0 Å².